The second-order valence-corrected chi connectivity index (χ2v) is 7.52. The van der Waals surface area contributed by atoms with Gasteiger partial charge in [0.05, 0.1) is 17.7 Å². The van der Waals surface area contributed by atoms with Gasteiger partial charge in [-0.05, 0) is 53.9 Å². The number of carbonyl (C=O) groups is 2. The van der Waals surface area contributed by atoms with Gasteiger partial charge < -0.3 is 15.4 Å². The summed E-state index contributed by atoms with van der Waals surface area (Å²) >= 11 is 2.80. The average molecular weight is 399 g/mol. The highest BCUT2D eigenvalue weighted by molar-refractivity contribution is 8.00. The number of nitrogens with one attached hydrogen (secondary N) is 2. The zero-order chi connectivity index (χ0) is 19.1. The zero-order valence-corrected chi connectivity index (χ0v) is 16.2. The van der Waals surface area contributed by atoms with Gasteiger partial charge in [0.2, 0.25) is 5.91 Å². The highest BCUT2D eigenvalue weighted by Gasteiger charge is 2.08. The van der Waals surface area contributed by atoms with Crippen LogP contribution in [0.15, 0.2) is 70.9 Å². The van der Waals surface area contributed by atoms with Crippen molar-refractivity contribution in [2.45, 2.75) is 4.90 Å². The van der Waals surface area contributed by atoms with Crippen LogP contribution in [-0.4, -0.2) is 24.7 Å². The van der Waals surface area contributed by atoms with Gasteiger partial charge in [0.1, 0.15) is 5.75 Å². The molecule has 0 saturated carbocycles. The summed E-state index contributed by atoms with van der Waals surface area (Å²) in [6.07, 6.45) is 0. The van der Waals surface area contributed by atoms with E-state index in [9.17, 15) is 9.59 Å². The van der Waals surface area contributed by atoms with Gasteiger partial charge in [0.15, 0.2) is 0 Å². The van der Waals surface area contributed by atoms with E-state index in [-0.39, 0.29) is 17.6 Å². The summed E-state index contributed by atoms with van der Waals surface area (Å²) in [6, 6.07) is 18.2. The van der Waals surface area contributed by atoms with E-state index in [1.165, 1.54) is 23.1 Å². The molecule has 7 heteroatoms. The number of thiophene rings is 1. The van der Waals surface area contributed by atoms with Gasteiger partial charge in [-0.3, -0.25) is 9.59 Å². The number of carbonyl (C=O) groups excluding carboxylic acids is 2. The first kappa shape index (κ1) is 19.0. The number of anilines is 2. The number of hydrogen-bond donors (Lipinski definition) is 2. The molecule has 3 rings (SSSR count). The van der Waals surface area contributed by atoms with E-state index in [2.05, 4.69) is 10.6 Å². The molecule has 138 valence electrons. The summed E-state index contributed by atoms with van der Waals surface area (Å²) in [5, 5.41) is 7.58. The third kappa shape index (κ3) is 5.60. The normalized spacial score (nSPS) is 10.3. The Labute approximate surface area is 165 Å². The van der Waals surface area contributed by atoms with E-state index in [1.807, 2.05) is 35.7 Å². The quantitative estimate of drug-likeness (QED) is 0.564. The molecule has 3 aromatic rings. The first-order valence-electron chi connectivity index (χ1n) is 8.15. The molecule has 0 atom stereocenters. The molecule has 0 fully saturated rings. The highest BCUT2D eigenvalue weighted by atomic mass is 32.2. The van der Waals surface area contributed by atoms with Gasteiger partial charge in [0, 0.05) is 16.3 Å². The Balaban J connectivity index is 1.53. The van der Waals surface area contributed by atoms with Crippen LogP contribution in [0.5, 0.6) is 5.75 Å². The van der Waals surface area contributed by atoms with Gasteiger partial charge in [0.25, 0.3) is 5.91 Å². The van der Waals surface area contributed by atoms with Crippen molar-refractivity contribution in [1.82, 2.24) is 0 Å². The van der Waals surface area contributed by atoms with E-state index >= 15 is 0 Å². The van der Waals surface area contributed by atoms with Gasteiger partial charge in [-0.1, -0.05) is 12.1 Å². The van der Waals surface area contributed by atoms with Crippen molar-refractivity contribution in [3.63, 3.8) is 0 Å². The summed E-state index contributed by atoms with van der Waals surface area (Å²) in [5.74, 6) is 0.778. The minimum Gasteiger partial charge on any atom is -0.497 e. The third-order valence-corrected chi connectivity index (χ3v) is 5.44. The number of rotatable bonds is 7. The number of methoxy groups -OCH3 is 1. The highest BCUT2D eigenvalue weighted by Crippen LogP contribution is 2.23. The van der Waals surface area contributed by atoms with Crippen LogP contribution in [0.3, 0.4) is 0 Å². The average Bonchev–Trinajstić information content (AvgIpc) is 3.22. The Morgan fingerprint density at radius 1 is 1.00 bits per heavy atom. The molecular weight excluding hydrogens is 380 g/mol. The van der Waals surface area contributed by atoms with Gasteiger partial charge in [-0.15, -0.1) is 23.1 Å². The largest absolute Gasteiger partial charge is 0.497 e. The lowest BCUT2D eigenvalue weighted by atomic mass is 10.3. The summed E-state index contributed by atoms with van der Waals surface area (Å²) in [5.41, 5.74) is 1.42. The lowest BCUT2D eigenvalue weighted by Gasteiger charge is -2.08. The van der Waals surface area contributed by atoms with Crippen LogP contribution in [-0.2, 0) is 4.79 Å². The van der Waals surface area contributed by atoms with Crippen LogP contribution in [0.1, 0.15) is 9.67 Å². The van der Waals surface area contributed by atoms with Gasteiger partial charge >= 0.3 is 0 Å². The fourth-order valence-electron chi connectivity index (χ4n) is 2.28. The first-order chi connectivity index (χ1) is 13.1. The van der Waals surface area contributed by atoms with Crippen molar-refractivity contribution < 1.29 is 14.3 Å². The van der Waals surface area contributed by atoms with E-state index < -0.39 is 0 Å². The number of hydrogen-bond acceptors (Lipinski definition) is 5. The molecule has 0 saturated heterocycles. The number of amides is 2. The summed E-state index contributed by atoms with van der Waals surface area (Å²) in [7, 11) is 1.60. The topological polar surface area (TPSA) is 67.4 Å². The molecule has 0 spiro atoms. The van der Waals surface area contributed by atoms with Crippen LogP contribution >= 0.6 is 23.1 Å². The maximum absolute atomic E-state index is 12.1. The second-order valence-electron chi connectivity index (χ2n) is 5.52. The molecule has 27 heavy (non-hydrogen) atoms. The van der Waals surface area contributed by atoms with Crippen molar-refractivity contribution in [3.05, 3.63) is 70.9 Å². The van der Waals surface area contributed by atoms with Crippen LogP contribution in [0, 0.1) is 0 Å². The molecule has 0 radical (unpaired) electrons. The van der Waals surface area contributed by atoms with Crippen LogP contribution in [0.25, 0.3) is 0 Å². The van der Waals surface area contributed by atoms with Crippen molar-refractivity contribution in [3.8, 4) is 5.75 Å². The number of ether oxygens (including phenoxy) is 1. The van der Waals surface area contributed by atoms with Crippen LogP contribution in [0.4, 0.5) is 11.4 Å². The molecule has 2 aromatic carbocycles. The Morgan fingerprint density at radius 2 is 1.81 bits per heavy atom. The molecular formula is C20H18N2O3S2. The third-order valence-electron chi connectivity index (χ3n) is 3.58. The maximum Gasteiger partial charge on any atom is 0.265 e. The molecule has 5 nitrogen and oxygen atoms in total. The Bertz CT molecular complexity index is 909. The van der Waals surface area contributed by atoms with E-state index in [4.69, 9.17) is 4.74 Å². The molecule has 0 aliphatic carbocycles. The Kier molecular flexibility index (Phi) is 6.51. The van der Waals surface area contributed by atoms with Crippen molar-refractivity contribution in [1.29, 1.82) is 0 Å². The second kappa shape index (κ2) is 9.25. The molecule has 0 unspecified atom stereocenters. The van der Waals surface area contributed by atoms with E-state index in [1.54, 1.807) is 37.4 Å². The van der Waals surface area contributed by atoms with Crippen LogP contribution < -0.4 is 15.4 Å². The van der Waals surface area contributed by atoms with Crippen molar-refractivity contribution >= 4 is 46.3 Å². The maximum atomic E-state index is 12.1. The van der Waals surface area contributed by atoms with Crippen molar-refractivity contribution in [2.75, 3.05) is 23.5 Å². The molecule has 2 N–H and O–H groups in total. The molecule has 1 heterocycles. The number of thioether (sulfide) groups is 1. The molecule has 1 aromatic heterocycles. The molecule has 2 amide bonds. The predicted molar refractivity (Wildman–Crippen MR) is 111 cm³/mol. The predicted octanol–water partition coefficient (Wildman–Crippen LogP) is 4.74. The molecule has 0 aliphatic rings. The zero-order valence-electron chi connectivity index (χ0n) is 14.6. The van der Waals surface area contributed by atoms with Crippen LogP contribution in [0.2, 0.25) is 0 Å². The van der Waals surface area contributed by atoms with E-state index in [0.29, 0.717) is 10.6 Å². The monoisotopic (exact) mass is 398 g/mol. The standard InChI is InChI=1S/C20H18N2O3S2/c1-25-16-9-7-14(8-10-16)21-19(23)13-27-17-5-2-4-15(12-17)22-20(24)18-6-3-11-26-18/h2-12H,13H2,1H3,(H,21,23)(H,22,24). The van der Waals surface area contributed by atoms with Gasteiger partial charge in [-0.25, -0.2) is 0 Å². The Hall–Kier alpha value is -2.77. The van der Waals surface area contributed by atoms with Crippen molar-refractivity contribution in [2.24, 2.45) is 0 Å². The number of benzene rings is 2. The lowest BCUT2D eigenvalue weighted by molar-refractivity contribution is -0.113. The minimum absolute atomic E-state index is 0.0989. The van der Waals surface area contributed by atoms with Gasteiger partial charge in [-0.2, -0.15) is 0 Å². The fourth-order valence-corrected chi connectivity index (χ4v) is 3.66. The first-order valence-corrected chi connectivity index (χ1v) is 10.0. The SMILES string of the molecule is COc1ccc(NC(=O)CSc2cccc(NC(=O)c3cccs3)c2)cc1. The fraction of sp³-hybridized carbons (Fsp3) is 0.100. The smallest absolute Gasteiger partial charge is 0.265 e. The lowest BCUT2D eigenvalue weighted by Crippen LogP contribution is -2.14. The Morgan fingerprint density at radius 3 is 2.52 bits per heavy atom. The van der Waals surface area contributed by atoms with E-state index in [0.717, 1.165) is 16.3 Å². The molecule has 0 bridgehead atoms. The molecule has 0 aliphatic heterocycles. The summed E-state index contributed by atoms with van der Waals surface area (Å²) in [6.45, 7) is 0. The summed E-state index contributed by atoms with van der Waals surface area (Å²) in [4.78, 5) is 25.8. The summed E-state index contributed by atoms with van der Waals surface area (Å²) < 4.78 is 5.10. The minimum atomic E-state index is -0.135.